The highest BCUT2D eigenvalue weighted by molar-refractivity contribution is 5.94. The summed E-state index contributed by atoms with van der Waals surface area (Å²) in [5.74, 6) is -1.35. The average molecular weight is 456 g/mol. The molecule has 1 fully saturated rings. The van der Waals surface area contributed by atoms with E-state index in [4.69, 9.17) is 4.74 Å². The molecule has 0 unspecified atom stereocenters. The number of alkyl halides is 1. The zero-order valence-electron chi connectivity index (χ0n) is 18.7. The van der Waals surface area contributed by atoms with Gasteiger partial charge in [-0.15, -0.1) is 0 Å². The molecule has 1 aliphatic carbocycles. The number of aliphatic carboxylic acids is 1. The number of aromatic nitrogens is 1. The summed E-state index contributed by atoms with van der Waals surface area (Å²) in [7, 11) is 0. The van der Waals surface area contributed by atoms with Gasteiger partial charge in [0, 0.05) is 27.7 Å². The van der Waals surface area contributed by atoms with E-state index in [0.29, 0.717) is 24.8 Å². The van der Waals surface area contributed by atoms with Crippen LogP contribution in [0.1, 0.15) is 50.8 Å². The van der Waals surface area contributed by atoms with Crippen molar-refractivity contribution in [1.29, 1.82) is 0 Å². The van der Waals surface area contributed by atoms with E-state index in [-0.39, 0.29) is 24.4 Å². The maximum Gasteiger partial charge on any atom is 0.312 e. The topological polar surface area (TPSA) is 71.7 Å². The Morgan fingerprint density at radius 3 is 2.36 bits per heavy atom. The standard InChI is InChI=1S/C26H27F2NO4/c1-24(2)15-33-26(12-10-25(14-27,11-13-26)23(31)32)21-20-18(4-3-5-19(20)30)29(22(21)24)17-8-6-16(28)7-9-17/h3-9,30H,10-15H2,1-2H3,(H,31,32)/t25-,26+. The molecule has 2 N–H and O–H groups in total. The van der Waals surface area contributed by atoms with Crippen LogP contribution in [0.3, 0.4) is 0 Å². The highest BCUT2D eigenvalue weighted by Crippen LogP contribution is 2.57. The number of hydrogen-bond donors (Lipinski definition) is 2. The van der Waals surface area contributed by atoms with Crippen LogP contribution in [0.5, 0.6) is 5.75 Å². The molecule has 0 radical (unpaired) electrons. The predicted octanol–water partition coefficient (Wildman–Crippen LogP) is 5.59. The van der Waals surface area contributed by atoms with E-state index in [0.717, 1.165) is 22.5 Å². The molecule has 0 amide bonds. The van der Waals surface area contributed by atoms with Crippen LogP contribution in [-0.2, 0) is 20.5 Å². The number of carboxylic acids is 1. The van der Waals surface area contributed by atoms with Crippen molar-refractivity contribution in [2.45, 2.75) is 50.5 Å². The number of phenols is 1. The van der Waals surface area contributed by atoms with Crippen molar-refractivity contribution in [1.82, 2.24) is 4.57 Å². The third-order valence-corrected chi connectivity index (χ3v) is 7.59. The first kappa shape index (κ1) is 21.9. The van der Waals surface area contributed by atoms with Gasteiger partial charge in [-0.3, -0.25) is 4.79 Å². The number of carbonyl (C=O) groups is 1. The number of ether oxygens (including phenoxy) is 1. The zero-order chi connectivity index (χ0) is 23.6. The average Bonchev–Trinajstić information content (AvgIpc) is 3.17. The third kappa shape index (κ3) is 3.09. The summed E-state index contributed by atoms with van der Waals surface area (Å²) in [5.41, 5.74) is 0.624. The number of nitrogens with zero attached hydrogens (tertiary/aromatic N) is 1. The lowest BCUT2D eigenvalue weighted by atomic mass is 9.64. The summed E-state index contributed by atoms with van der Waals surface area (Å²) < 4.78 is 36.1. The molecule has 0 bridgehead atoms. The predicted molar refractivity (Wildman–Crippen MR) is 120 cm³/mol. The molecule has 1 spiro atoms. The highest BCUT2D eigenvalue weighted by atomic mass is 19.1. The van der Waals surface area contributed by atoms with Crippen LogP contribution in [0.4, 0.5) is 8.78 Å². The first-order chi connectivity index (χ1) is 15.6. The van der Waals surface area contributed by atoms with Crippen LogP contribution in [0.2, 0.25) is 0 Å². The summed E-state index contributed by atoms with van der Waals surface area (Å²) in [6, 6.07) is 11.5. The number of phenolic OH excluding ortho intramolecular Hbond substituents is 1. The van der Waals surface area contributed by atoms with Crippen molar-refractivity contribution < 1.29 is 28.5 Å². The van der Waals surface area contributed by atoms with E-state index in [1.807, 2.05) is 10.6 Å². The van der Waals surface area contributed by atoms with Gasteiger partial charge in [0.25, 0.3) is 0 Å². The van der Waals surface area contributed by atoms with E-state index in [2.05, 4.69) is 13.8 Å². The van der Waals surface area contributed by atoms with Crippen LogP contribution in [0.15, 0.2) is 42.5 Å². The van der Waals surface area contributed by atoms with Crippen LogP contribution < -0.4 is 0 Å². The largest absolute Gasteiger partial charge is 0.507 e. The molecule has 1 aromatic heterocycles. The van der Waals surface area contributed by atoms with Gasteiger partial charge >= 0.3 is 5.97 Å². The van der Waals surface area contributed by atoms with E-state index >= 15 is 0 Å². The van der Waals surface area contributed by atoms with Crippen LogP contribution in [0, 0.1) is 11.2 Å². The molecule has 3 aromatic rings. The lowest BCUT2D eigenvalue weighted by molar-refractivity contribution is -0.163. The Labute approximate surface area is 190 Å². The van der Waals surface area contributed by atoms with Crippen molar-refractivity contribution in [2.24, 2.45) is 5.41 Å². The summed E-state index contributed by atoms with van der Waals surface area (Å²) in [6.45, 7) is 3.58. The van der Waals surface area contributed by atoms with Crippen molar-refractivity contribution >= 4 is 16.9 Å². The second kappa shape index (κ2) is 7.29. The van der Waals surface area contributed by atoms with Gasteiger partial charge in [-0.25, -0.2) is 8.78 Å². The molecule has 1 aliphatic heterocycles. The van der Waals surface area contributed by atoms with Gasteiger partial charge in [0.2, 0.25) is 0 Å². The molecule has 5 rings (SSSR count). The van der Waals surface area contributed by atoms with Crippen molar-refractivity contribution in [3.05, 3.63) is 59.5 Å². The number of fused-ring (bicyclic) bond motifs is 4. The Kier molecular flexibility index (Phi) is 4.83. The fourth-order valence-corrected chi connectivity index (χ4v) is 5.65. The Bertz CT molecular complexity index is 1240. The second-order valence-corrected chi connectivity index (χ2v) is 10.1. The van der Waals surface area contributed by atoms with Crippen molar-refractivity contribution in [3.8, 4) is 11.4 Å². The summed E-state index contributed by atoms with van der Waals surface area (Å²) in [6.07, 6.45) is 0.970. The smallest absolute Gasteiger partial charge is 0.312 e. The Hall–Kier alpha value is -2.93. The number of benzene rings is 2. The van der Waals surface area contributed by atoms with Crippen LogP contribution in [0.25, 0.3) is 16.6 Å². The molecule has 0 atom stereocenters. The lowest BCUT2D eigenvalue weighted by Crippen LogP contribution is -2.49. The molecular formula is C26H27F2NO4. The normalized spacial score (nSPS) is 26.4. The maximum absolute atomic E-state index is 13.8. The molecule has 1 saturated carbocycles. The first-order valence-electron chi connectivity index (χ1n) is 11.2. The summed E-state index contributed by atoms with van der Waals surface area (Å²) in [4.78, 5) is 11.9. The van der Waals surface area contributed by atoms with Gasteiger partial charge in [0.1, 0.15) is 18.2 Å². The molecule has 2 heterocycles. The minimum atomic E-state index is -1.40. The number of halogens is 2. The Morgan fingerprint density at radius 1 is 1.09 bits per heavy atom. The van der Waals surface area contributed by atoms with Gasteiger partial charge in [0.05, 0.1) is 23.1 Å². The van der Waals surface area contributed by atoms with Crippen LogP contribution >= 0.6 is 0 Å². The van der Waals surface area contributed by atoms with Gasteiger partial charge in [0.15, 0.2) is 0 Å². The molecule has 7 heteroatoms. The van der Waals surface area contributed by atoms with Crippen molar-refractivity contribution in [2.75, 3.05) is 13.3 Å². The highest BCUT2D eigenvalue weighted by Gasteiger charge is 2.54. The molecule has 2 aliphatic rings. The van der Waals surface area contributed by atoms with Gasteiger partial charge < -0.3 is 19.5 Å². The molecule has 0 saturated heterocycles. The summed E-state index contributed by atoms with van der Waals surface area (Å²) >= 11 is 0. The minimum absolute atomic E-state index is 0.103. The van der Waals surface area contributed by atoms with Gasteiger partial charge in [-0.2, -0.15) is 0 Å². The maximum atomic E-state index is 13.8. The quantitative estimate of drug-likeness (QED) is 0.540. The van der Waals surface area contributed by atoms with E-state index in [1.165, 1.54) is 12.1 Å². The number of aromatic hydroxyl groups is 1. The zero-order valence-corrected chi connectivity index (χ0v) is 18.7. The Morgan fingerprint density at radius 2 is 1.76 bits per heavy atom. The first-order valence-corrected chi connectivity index (χ1v) is 11.2. The van der Waals surface area contributed by atoms with E-state index in [1.54, 1.807) is 24.3 Å². The fourth-order valence-electron chi connectivity index (χ4n) is 5.65. The molecule has 174 valence electrons. The Balaban J connectivity index is 1.79. The van der Waals surface area contributed by atoms with E-state index in [9.17, 15) is 23.8 Å². The van der Waals surface area contributed by atoms with Crippen molar-refractivity contribution in [3.63, 3.8) is 0 Å². The SMILES string of the molecule is CC1(C)CO[C@]2(CC[C@@](CF)(C(=O)O)CC2)c2c1n(-c1ccc(F)cc1)c1cccc(O)c12. The number of rotatable bonds is 3. The third-order valence-electron chi connectivity index (χ3n) is 7.59. The monoisotopic (exact) mass is 455 g/mol. The van der Waals surface area contributed by atoms with Gasteiger partial charge in [-0.05, 0) is 62.1 Å². The second-order valence-electron chi connectivity index (χ2n) is 10.1. The van der Waals surface area contributed by atoms with E-state index < -0.39 is 29.1 Å². The molecule has 5 nitrogen and oxygen atoms in total. The minimum Gasteiger partial charge on any atom is -0.507 e. The molecule has 2 aromatic carbocycles. The molecule has 33 heavy (non-hydrogen) atoms. The van der Waals surface area contributed by atoms with Gasteiger partial charge in [-0.1, -0.05) is 19.9 Å². The van der Waals surface area contributed by atoms with Crippen LogP contribution in [-0.4, -0.2) is 34.0 Å². The lowest BCUT2D eigenvalue weighted by Gasteiger charge is -2.49. The molecular weight excluding hydrogens is 428 g/mol. The number of carboxylic acid groups (broad SMARTS) is 1. The summed E-state index contributed by atoms with van der Waals surface area (Å²) in [5, 5.41) is 21.3. The fraction of sp³-hybridized carbons (Fsp3) is 0.423. The number of hydrogen-bond acceptors (Lipinski definition) is 3.